The molecule has 0 bridgehead atoms. The molecule has 1 aromatic rings. The van der Waals surface area contributed by atoms with E-state index in [0.29, 0.717) is 25.6 Å². The highest BCUT2D eigenvalue weighted by Gasteiger charge is 2.32. The number of likely N-dealkylation sites (tertiary alicyclic amines) is 1. The van der Waals surface area contributed by atoms with E-state index in [2.05, 4.69) is 15.6 Å². The largest absolute Gasteiger partial charge is 0.336 e. The lowest BCUT2D eigenvalue weighted by molar-refractivity contribution is 0.156. The molecule has 0 saturated carbocycles. The zero-order valence-electron chi connectivity index (χ0n) is 14.5. The van der Waals surface area contributed by atoms with Gasteiger partial charge in [0.05, 0.1) is 12.5 Å². The van der Waals surface area contributed by atoms with Crippen molar-refractivity contribution in [1.82, 2.24) is 29.5 Å². The Hall–Kier alpha value is -1.68. The van der Waals surface area contributed by atoms with Crippen LogP contribution in [0.2, 0.25) is 0 Å². The maximum absolute atomic E-state index is 12.5. The highest BCUT2D eigenvalue weighted by atomic mass is 32.2. The van der Waals surface area contributed by atoms with Crippen molar-refractivity contribution >= 4 is 16.1 Å². The molecule has 140 valence electrons. The third-order valence-corrected chi connectivity index (χ3v) is 6.29. The second-order valence-corrected chi connectivity index (χ2v) is 8.87. The smallest absolute Gasteiger partial charge is 0.317 e. The lowest BCUT2D eigenvalue weighted by Crippen LogP contribution is -2.49. The highest BCUT2D eigenvalue weighted by molar-refractivity contribution is 7.88. The zero-order chi connectivity index (χ0) is 17.9. The molecule has 3 rings (SSSR count). The molecular formula is C15H26N6O3S. The summed E-state index contributed by atoms with van der Waals surface area (Å²) in [5.74, 6) is 0.361. The van der Waals surface area contributed by atoms with Crippen molar-refractivity contribution in [1.29, 1.82) is 0 Å². The van der Waals surface area contributed by atoms with Gasteiger partial charge in [-0.15, -0.1) is 5.10 Å². The van der Waals surface area contributed by atoms with Crippen molar-refractivity contribution in [2.75, 3.05) is 32.4 Å². The summed E-state index contributed by atoms with van der Waals surface area (Å²) in [6.45, 7) is 3.10. The van der Waals surface area contributed by atoms with E-state index in [1.165, 1.54) is 10.6 Å². The molecule has 3 heterocycles. The number of sulfonamides is 1. The Morgan fingerprint density at radius 1 is 1.28 bits per heavy atom. The lowest BCUT2D eigenvalue weighted by Gasteiger charge is -2.33. The first-order valence-corrected chi connectivity index (χ1v) is 10.6. The Bertz CT molecular complexity index is 677. The van der Waals surface area contributed by atoms with Crippen LogP contribution in [0.5, 0.6) is 0 Å². The van der Waals surface area contributed by atoms with Crippen LogP contribution in [0, 0.1) is 5.92 Å². The van der Waals surface area contributed by atoms with Crippen molar-refractivity contribution < 1.29 is 13.2 Å². The fourth-order valence-corrected chi connectivity index (χ4v) is 4.94. The molecule has 0 spiro atoms. The minimum Gasteiger partial charge on any atom is -0.336 e. The average molecular weight is 370 g/mol. The summed E-state index contributed by atoms with van der Waals surface area (Å²) in [5.41, 5.74) is 0. The van der Waals surface area contributed by atoms with Crippen LogP contribution >= 0.6 is 0 Å². The van der Waals surface area contributed by atoms with Gasteiger partial charge in [0.25, 0.3) is 0 Å². The predicted molar refractivity (Wildman–Crippen MR) is 92.3 cm³/mol. The third-order valence-electron chi connectivity index (χ3n) is 4.96. The Morgan fingerprint density at radius 2 is 2.08 bits per heavy atom. The summed E-state index contributed by atoms with van der Waals surface area (Å²) in [6.07, 6.45) is 8.38. The molecule has 2 aliphatic rings. The number of hydrogen-bond donors (Lipinski definition) is 1. The van der Waals surface area contributed by atoms with Gasteiger partial charge in [-0.05, 0) is 31.6 Å². The number of amides is 2. The summed E-state index contributed by atoms with van der Waals surface area (Å²) in [5, 5.41) is 10.7. The predicted octanol–water partition coefficient (Wildman–Crippen LogP) is 0.124. The van der Waals surface area contributed by atoms with Crippen LogP contribution in [0.25, 0.3) is 0 Å². The SMILES string of the molecule is CS(=O)(=O)N1CCC[C@@H]1CNC(=O)N1CCCC(Cn2ccnn2)C1. The van der Waals surface area contributed by atoms with E-state index in [0.717, 1.165) is 38.8 Å². The number of nitrogens with zero attached hydrogens (tertiary/aromatic N) is 5. The minimum atomic E-state index is -3.21. The summed E-state index contributed by atoms with van der Waals surface area (Å²) in [4.78, 5) is 14.3. The number of urea groups is 1. The van der Waals surface area contributed by atoms with E-state index in [4.69, 9.17) is 0 Å². The molecule has 2 amide bonds. The first kappa shape index (κ1) is 18.1. The molecule has 2 atom stereocenters. The lowest BCUT2D eigenvalue weighted by atomic mass is 9.98. The monoisotopic (exact) mass is 370 g/mol. The third kappa shape index (κ3) is 4.69. The van der Waals surface area contributed by atoms with Crippen LogP contribution in [0.1, 0.15) is 25.7 Å². The van der Waals surface area contributed by atoms with E-state index in [9.17, 15) is 13.2 Å². The molecule has 2 aliphatic heterocycles. The highest BCUT2D eigenvalue weighted by Crippen LogP contribution is 2.20. The van der Waals surface area contributed by atoms with Gasteiger partial charge in [0, 0.05) is 45.0 Å². The summed E-state index contributed by atoms with van der Waals surface area (Å²) < 4.78 is 26.8. The number of carbonyl (C=O) groups excluding carboxylic acids is 1. The Balaban J connectivity index is 1.49. The number of hydrogen-bond acceptors (Lipinski definition) is 5. The van der Waals surface area contributed by atoms with Crippen LogP contribution < -0.4 is 5.32 Å². The van der Waals surface area contributed by atoms with Gasteiger partial charge in [0.15, 0.2) is 0 Å². The molecule has 1 N–H and O–H groups in total. The van der Waals surface area contributed by atoms with E-state index in [1.54, 1.807) is 10.9 Å². The Kier molecular flexibility index (Phi) is 5.57. The van der Waals surface area contributed by atoms with E-state index < -0.39 is 10.0 Å². The van der Waals surface area contributed by atoms with Crippen molar-refractivity contribution in [3.63, 3.8) is 0 Å². The summed E-state index contributed by atoms with van der Waals surface area (Å²) >= 11 is 0. The molecular weight excluding hydrogens is 344 g/mol. The van der Waals surface area contributed by atoms with E-state index in [-0.39, 0.29) is 12.1 Å². The quantitative estimate of drug-likeness (QED) is 0.794. The van der Waals surface area contributed by atoms with E-state index in [1.807, 2.05) is 11.1 Å². The second kappa shape index (κ2) is 7.69. The molecule has 1 aromatic heterocycles. The van der Waals surface area contributed by atoms with Crippen LogP contribution in [0.15, 0.2) is 12.4 Å². The van der Waals surface area contributed by atoms with Crippen LogP contribution in [0.4, 0.5) is 4.79 Å². The molecule has 2 fully saturated rings. The molecule has 2 saturated heterocycles. The topological polar surface area (TPSA) is 100 Å². The van der Waals surface area contributed by atoms with Gasteiger partial charge in [0.1, 0.15) is 0 Å². The van der Waals surface area contributed by atoms with Crippen molar-refractivity contribution in [2.24, 2.45) is 5.92 Å². The number of piperidine rings is 1. The van der Waals surface area contributed by atoms with Gasteiger partial charge in [-0.25, -0.2) is 13.2 Å². The molecule has 9 nitrogen and oxygen atoms in total. The van der Waals surface area contributed by atoms with Crippen molar-refractivity contribution in [3.8, 4) is 0 Å². The first-order valence-electron chi connectivity index (χ1n) is 8.77. The van der Waals surface area contributed by atoms with E-state index >= 15 is 0 Å². The molecule has 1 unspecified atom stereocenters. The van der Waals surface area contributed by atoms with Gasteiger partial charge < -0.3 is 10.2 Å². The number of carbonyl (C=O) groups is 1. The maximum atomic E-state index is 12.5. The standard InChI is InChI=1S/C15H26N6O3S/c1-25(23,24)21-8-3-5-14(21)10-16-15(22)19-7-2-4-13(11-19)12-20-9-6-17-18-20/h6,9,13-14H,2-5,7-8,10-12H2,1H3,(H,16,22)/t13?,14-/m1/s1. The number of rotatable bonds is 5. The fraction of sp³-hybridized carbons (Fsp3) is 0.800. The van der Waals surface area contributed by atoms with Crippen LogP contribution in [-0.2, 0) is 16.6 Å². The zero-order valence-corrected chi connectivity index (χ0v) is 15.4. The number of aromatic nitrogens is 3. The summed E-state index contributed by atoms with van der Waals surface area (Å²) in [6, 6.07) is -0.238. The van der Waals surface area contributed by atoms with Crippen LogP contribution in [0.3, 0.4) is 0 Å². The Morgan fingerprint density at radius 3 is 2.80 bits per heavy atom. The van der Waals surface area contributed by atoms with Gasteiger partial charge in [-0.2, -0.15) is 4.31 Å². The molecule has 0 radical (unpaired) electrons. The van der Waals surface area contributed by atoms with Crippen molar-refractivity contribution in [2.45, 2.75) is 38.3 Å². The molecule has 0 aliphatic carbocycles. The molecule has 10 heteroatoms. The van der Waals surface area contributed by atoms with Gasteiger partial charge in [-0.1, -0.05) is 5.21 Å². The van der Waals surface area contributed by atoms with Gasteiger partial charge >= 0.3 is 6.03 Å². The van der Waals surface area contributed by atoms with Gasteiger partial charge in [-0.3, -0.25) is 4.68 Å². The Labute approximate surface area is 148 Å². The molecule has 25 heavy (non-hydrogen) atoms. The fourth-order valence-electron chi connectivity index (χ4n) is 3.76. The maximum Gasteiger partial charge on any atom is 0.317 e. The normalized spacial score (nSPS) is 25.2. The summed E-state index contributed by atoms with van der Waals surface area (Å²) in [7, 11) is -3.21. The van der Waals surface area contributed by atoms with Gasteiger partial charge in [0.2, 0.25) is 10.0 Å². The number of nitrogens with one attached hydrogen (secondary N) is 1. The van der Waals surface area contributed by atoms with Crippen molar-refractivity contribution in [3.05, 3.63) is 12.4 Å². The second-order valence-electron chi connectivity index (χ2n) is 6.94. The molecule has 0 aromatic carbocycles. The first-order chi connectivity index (χ1) is 11.9. The van der Waals surface area contributed by atoms with Crippen LogP contribution in [-0.4, -0.2) is 77.1 Å². The average Bonchev–Trinajstić information content (AvgIpc) is 3.23. The minimum absolute atomic E-state index is 0.108.